The number of carbonyl (C=O) groups excluding carboxylic acids is 1. The molecule has 1 fully saturated rings. The van der Waals surface area contributed by atoms with Crippen molar-refractivity contribution >= 4 is 34.8 Å². The normalized spacial score (nSPS) is 14.6. The van der Waals surface area contributed by atoms with Crippen LogP contribution in [0, 0.1) is 0 Å². The van der Waals surface area contributed by atoms with Crippen LogP contribution < -0.4 is 5.32 Å². The van der Waals surface area contributed by atoms with E-state index in [1.54, 1.807) is 18.2 Å². The van der Waals surface area contributed by atoms with E-state index in [0.717, 1.165) is 18.8 Å². The van der Waals surface area contributed by atoms with Gasteiger partial charge in [-0.15, -0.1) is 0 Å². The zero-order valence-electron chi connectivity index (χ0n) is 17.2. The van der Waals surface area contributed by atoms with Gasteiger partial charge in [-0.1, -0.05) is 83.9 Å². The first-order valence-electron chi connectivity index (χ1n) is 10.4. The lowest BCUT2D eigenvalue weighted by atomic mass is 9.96. The van der Waals surface area contributed by atoms with Crippen LogP contribution in [0.25, 0.3) is 0 Å². The molecule has 0 aromatic heterocycles. The highest BCUT2D eigenvalue weighted by Gasteiger charge is 2.27. The molecule has 3 aromatic carbocycles. The van der Waals surface area contributed by atoms with Gasteiger partial charge in [-0.2, -0.15) is 0 Å². The molecule has 4 rings (SSSR count). The van der Waals surface area contributed by atoms with E-state index < -0.39 is 0 Å². The predicted molar refractivity (Wildman–Crippen MR) is 128 cm³/mol. The Labute approximate surface area is 193 Å². The van der Waals surface area contributed by atoms with Crippen LogP contribution in [0.3, 0.4) is 0 Å². The molecule has 1 N–H and O–H groups in total. The number of benzene rings is 3. The summed E-state index contributed by atoms with van der Waals surface area (Å²) < 4.78 is 0. The lowest BCUT2D eigenvalue weighted by Crippen LogP contribution is -2.51. The molecule has 6 heteroatoms. The van der Waals surface area contributed by atoms with E-state index in [2.05, 4.69) is 58.7 Å². The van der Waals surface area contributed by atoms with Gasteiger partial charge < -0.3 is 10.2 Å². The second-order valence-electron chi connectivity index (χ2n) is 7.65. The molecule has 3 aromatic rings. The highest BCUT2D eigenvalue weighted by Crippen LogP contribution is 2.29. The van der Waals surface area contributed by atoms with E-state index in [1.807, 2.05) is 17.0 Å². The number of carbonyl (C=O) groups is 1. The van der Waals surface area contributed by atoms with Crippen LogP contribution in [0.15, 0.2) is 78.9 Å². The summed E-state index contributed by atoms with van der Waals surface area (Å²) in [7, 11) is 0. The fourth-order valence-corrected chi connectivity index (χ4v) is 4.59. The topological polar surface area (TPSA) is 35.6 Å². The molecule has 1 saturated heterocycles. The van der Waals surface area contributed by atoms with Crippen molar-refractivity contribution in [2.24, 2.45) is 0 Å². The molecule has 4 nitrogen and oxygen atoms in total. The van der Waals surface area contributed by atoms with Crippen molar-refractivity contribution in [1.82, 2.24) is 9.80 Å². The first kappa shape index (κ1) is 21.7. The Hall–Kier alpha value is -2.53. The number of piperazine rings is 1. The number of nitrogens with zero attached hydrogens (tertiary/aromatic N) is 2. The summed E-state index contributed by atoms with van der Waals surface area (Å²) >= 11 is 12.1. The Morgan fingerprint density at radius 2 is 1.32 bits per heavy atom. The summed E-state index contributed by atoms with van der Waals surface area (Å²) in [4.78, 5) is 17.1. The summed E-state index contributed by atoms with van der Waals surface area (Å²) in [5.74, 6) is 0.0757. The van der Waals surface area contributed by atoms with Crippen LogP contribution in [0.2, 0.25) is 10.0 Å². The standard InChI is InChI=1S/C25H25Cl2N3O/c26-21-15-22(27)17-23(16-21)28-18-24(31)29-11-13-30(14-12-29)25(19-7-3-1-4-8-19)20-9-5-2-6-10-20/h1-10,15-17,25,28H,11-14,18H2. The van der Waals surface area contributed by atoms with Crippen LogP contribution in [-0.2, 0) is 4.79 Å². The third-order valence-electron chi connectivity index (χ3n) is 5.57. The number of rotatable bonds is 6. The van der Waals surface area contributed by atoms with Gasteiger partial charge in [0.2, 0.25) is 5.91 Å². The fraction of sp³-hybridized carbons (Fsp3) is 0.240. The van der Waals surface area contributed by atoms with Gasteiger partial charge in [-0.05, 0) is 29.3 Å². The summed E-state index contributed by atoms with van der Waals surface area (Å²) in [6.07, 6.45) is 0. The highest BCUT2D eigenvalue weighted by molar-refractivity contribution is 6.35. The van der Waals surface area contributed by atoms with Crippen molar-refractivity contribution < 1.29 is 4.79 Å². The molecule has 160 valence electrons. The Balaban J connectivity index is 1.39. The van der Waals surface area contributed by atoms with Crippen molar-refractivity contribution in [3.05, 3.63) is 100 Å². The van der Waals surface area contributed by atoms with Crippen molar-refractivity contribution in [3.63, 3.8) is 0 Å². The van der Waals surface area contributed by atoms with Gasteiger partial charge in [0.25, 0.3) is 0 Å². The largest absolute Gasteiger partial charge is 0.376 e. The maximum atomic E-state index is 12.7. The average Bonchev–Trinajstić information content (AvgIpc) is 2.79. The van der Waals surface area contributed by atoms with Crippen molar-refractivity contribution in [1.29, 1.82) is 0 Å². The van der Waals surface area contributed by atoms with Gasteiger partial charge in [0.1, 0.15) is 0 Å². The molecule has 0 unspecified atom stereocenters. The Morgan fingerprint density at radius 1 is 0.806 bits per heavy atom. The summed E-state index contributed by atoms with van der Waals surface area (Å²) in [5, 5.41) is 4.23. The zero-order chi connectivity index (χ0) is 21.6. The Morgan fingerprint density at radius 3 is 1.84 bits per heavy atom. The van der Waals surface area contributed by atoms with Crippen molar-refractivity contribution in [2.45, 2.75) is 6.04 Å². The molecule has 1 aliphatic heterocycles. The molecule has 0 spiro atoms. The minimum Gasteiger partial charge on any atom is -0.376 e. The number of hydrogen-bond acceptors (Lipinski definition) is 3. The van der Waals surface area contributed by atoms with E-state index in [1.165, 1.54) is 11.1 Å². The number of anilines is 1. The van der Waals surface area contributed by atoms with E-state index >= 15 is 0 Å². The van der Waals surface area contributed by atoms with E-state index in [9.17, 15) is 4.79 Å². The van der Waals surface area contributed by atoms with Gasteiger partial charge in [-0.25, -0.2) is 0 Å². The van der Waals surface area contributed by atoms with Gasteiger partial charge >= 0.3 is 0 Å². The molecular weight excluding hydrogens is 429 g/mol. The summed E-state index contributed by atoms with van der Waals surface area (Å²) in [6.45, 7) is 3.27. The van der Waals surface area contributed by atoms with Gasteiger partial charge in [-0.3, -0.25) is 9.69 Å². The second kappa shape index (κ2) is 10.2. The Kier molecular flexibility index (Phi) is 7.13. The van der Waals surface area contributed by atoms with Gasteiger partial charge in [0.05, 0.1) is 12.6 Å². The molecule has 0 atom stereocenters. The summed E-state index contributed by atoms with van der Waals surface area (Å²) in [6, 6.07) is 26.5. The molecular formula is C25H25Cl2N3O. The van der Waals surface area contributed by atoms with Crippen LogP contribution in [-0.4, -0.2) is 48.4 Å². The maximum absolute atomic E-state index is 12.7. The molecule has 0 aliphatic carbocycles. The number of hydrogen-bond donors (Lipinski definition) is 1. The van der Waals surface area contributed by atoms with Gasteiger partial charge in [0, 0.05) is 41.9 Å². The van der Waals surface area contributed by atoms with Crippen LogP contribution in [0.1, 0.15) is 17.2 Å². The van der Waals surface area contributed by atoms with E-state index in [4.69, 9.17) is 23.2 Å². The van der Waals surface area contributed by atoms with E-state index in [-0.39, 0.29) is 18.5 Å². The van der Waals surface area contributed by atoms with Crippen LogP contribution in [0.5, 0.6) is 0 Å². The van der Waals surface area contributed by atoms with Crippen molar-refractivity contribution in [2.75, 3.05) is 38.0 Å². The molecule has 0 bridgehead atoms. The lowest BCUT2D eigenvalue weighted by molar-refractivity contribution is -0.131. The number of halogens is 2. The first-order chi connectivity index (χ1) is 15.1. The molecule has 31 heavy (non-hydrogen) atoms. The zero-order valence-corrected chi connectivity index (χ0v) is 18.7. The summed E-state index contributed by atoms with van der Waals surface area (Å²) in [5.41, 5.74) is 3.29. The fourth-order valence-electron chi connectivity index (χ4n) is 4.06. The third kappa shape index (κ3) is 5.59. The van der Waals surface area contributed by atoms with E-state index in [0.29, 0.717) is 23.1 Å². The molecule has 1 amide bonds. The molecule has 1 aliphatic rings. The smallest absolute Gasteiger partial charge is 0.241 e. The number of nitrogens with one attached hydrogen (secondary N) is 1. The highest BCUT2D eigenvalue weighted by atomic mass is 35.5. The minimum atomic E-state index is 0.0757. The number of amides is 1. The Bertz CT molecular complexity index is 946. The van der Waals surface area contributed by atoms with Gasteiger partial charge in [0.15, 0.2) is 0 Å². The predicted octanol–water partition coefficient (Wildman–Crippen LogP) is 5.34. The molecule has 0 saturated carbocycles. The monoisotopic (exact) mass is 453 g/mol. The SMILES string of the molecule is O=C(CNc1cc(Cl)cc(Cl)c1)N1CCN(C(c2ccccc2)c2ccccc2)CC1. The molecule has 1 heterocycles. The van der Waals surface area contributed by atoms with Crippen LogP contribution in [0.4, 0.5) is 5.69 Å². The first-order valence-corrected chi connectivity index (χ1v) is 11.2. The second-order valence-corrected chi connectivity index (χ2v) is 8.53. The minimum absolute atomic E-state index is 0.0757. The maximum Gasteiger partial charge on any atom is 0.241 e. The average molecular weight is 454 g/mol. The van der Waals surface area contributed by atoms with Crippen LogP contribution >= 0.6 is 23.2 Å². The lowest BCUT2D eigenvalue weighted by Gasteiger charge is -2.39. The third-order valence-corrected chi connectivity index (χ3v) is 6.01. The quantitative estimate of drug-likeness (QED) is 0.546. The molecule has 0 radical (unpaired) electrons. The van der Waals surface area contributed by atoms with Crippen molar-refractivity contribution in [3.8, 4) is 0 Å².